The van der Waals surface area contributed by atoms with Crippen LogP contribution in [0.15, 0.2) is 109 Å². The molecule has 0 fully saturated rings. The summed E-state index contributed by atoms with van der Waals surface area (Å²) in [4.78, 5) is 0. The molecular formula is C38H38Cl2Si2Zr-4. The predicted molar refractivity (Wildman–Crippen MR) is 180 cm³/mol. The zero-order chi connectivity index (χ0) is 28.7. The summed E-state index contributed by atoms with van der Waals surface area (Å²) in [5.74, 6) is 1.23. The van der Waals surface area contributed by atoms with Crippen molar-refractivity contribution in [2.75, 3.05) is 0 Å². The van der Waals surface area contributed by atoms with Gasteiger partial charge in [-0.25, -0.2) is 0 Å². The fraction of sp³-hybridized carbons (Fsp3) is 0.211. The van der Waals surface area contributed by atoms with E-state index in [0.717, 1.165) is 0 Å². The van der Waals surface area contributed by atoms with Crippen molar-refractivity contribution in [3.05, 3.63) is 131 Å². The van der Waals surface area contributed by atoms with Crippen molar-refractivity contribution >= 4 is 53.2 Å². The minimum absolute atomic E-state index is 0. The molecule has 8 rings (SSSR count). The van der Waals surface area contributed by atoms with Crippen LogP contribution in [0, 0.1) is 13.8 Å². The molecule has 43 heavy (non-hydrogen) atoms. The van der Waals surface area contributed by atoms with E-state index in [0.29, 0.717) is 11.8 Å². The molecule has 0 unspecified atom stereocenters. The average molecular weight is 713 g/mol. The van der Waals surface area contributed by atoms with Gasteiger partial charge in [-0.1, -0.05) is 64.8 Å². The Morgan fingerprint density at radius 3 is 1.19 bits per heavy atom. The van der Waals surface area contributed by atoms with E-state index in [9.17, 15) is 0 Å². The zero-order valence-corrected chi connectivity index (χ0v) is 31.8. The van der Waals surface area contributed by atoms with Gasteiger partial charge in [0, 0.05) is 0 Å². The fourth-order valence-electron chi connectivity index (χ4n) is 6.35. The quantitative estimate of drug-likeness (QED) is 0.188. The van der Waals surface area contributed by atoms with Gasteiger partial charge >= 0.3 is 101 Å². The third-order valence-electron chi connectivity index (χ3n) is 8.28. The van der Waals surface area contributed by atoms with E-state index in [4.69, 9.17) is 0 Å². The van der Waals surface area contributed by atoms with Gasteiger partial charge in [0.05, 0.1) is 0 Å². The molecule has 0 spiro atoms. The van der Waals surface area contributed by atoms with Crippen LogP contribution in [0.3, 0.4) is 0 Å². The number of benzene rings is 4. The van der Waals surface area contributed by atoms with Crippen LogP contribution >= 0.6 is 0 Å². The first-order chi connectivity index (χ1) is 19.8. The van der Waals surface area contributed by atoms with Crippen molar-refractivity contribution in [3.8, 4) is 0 Å². The Hall–Kier alpha value is -2.00. The summed E-state index contributed by atoms with van der Waals surface area (Å²) in [5.41, 5.74) is 5.30. The van der Waals surface area contributed by atoms with Crippen LogP contribution in [0.1, 0.15) is 61.8 Å². The molecule has 220 valence electrons. The number of rotatable bonds is 2. The molecule has 2 aliphatic rings. The Labute approximate surface area is 281 Å². The van der Waals surface area contributed by atoms with Crippen LogP contribution in [0.5, 0.6) is 0 Å². The molecule has 0 aliphatic carbocycles. The van der Waals surface area contributed by atoms with Gasteiger partial charge in [0.25, 0.3) is 0 Å². The van der Waals surface area contributed by atoms with Crippen molar-refractivity contribution in [1.29, 1.82) is 0 Å². The van der Waals surface area contributed by atoms with Crippen LogP contribution < -0.4 is 45.6 Å². The van der Waals surface area contributed by atoms with Crippen molar-refractivity contribution in [3.63, 3.8) is 0 Å². The monoisotopic (exact) mass is 710 g/mol. The first-order valence-corrected chi connectivity index (χ1v) is 25.2. The van der Waals surface area contributed by atoms with Crippen LogP contribution in [0.4, 0.5) is 0 Å². The Morgan fingerprint density at radius 1 is 0.512 bits per heavy atom. The molecule has 6 aromatic carbocycles. The summed E-state index contributed by atoms with van der Waals surface area (Å²) < 4.78 is 0. The van der Waals surface area contributed by atoms with E-state index in [2.05, 4.69) is 151 Å². The second-order valence-corrected chi connectivity index (χ2v) is 29.6. The standard InChI is InChI=1S/2C13H15.C12H8Si2.2ClH.Zr/c2*1-9(2)12-6-4-5-11-7-10(3)8-13(11)12;1-2-6-10-9(5-1)13-11-7-3-4-8-12(11)14-10;;;/h2*4-9H,1-3H3;1-8H;2*1H;/q2*-1;;;;/p-2. The second kappa shape index (κ2) is 14.4. The van der Waals surface area contributed by atoms with Gasteiger partial charge in [-0.05, 0) is 11.8 Å². The molecule has 2 heterocycles. The van der Waals surface area contributed by atoms with Crippen molar-refractivity contribution in [2.45, 2.75) is 53.4 Å². The maximum atomic E-state index is 2.41. The van der Waals surface area contributed by atoms with E-state index in [-0.39, 0.29) is 56.1 Å². The van der Waals surface area contributed by atoms with Crippen LogP contribution in [0.2, 0.25) is 0 Å². The number of hydrogen-bond acceptors (Lipinski definition) is 0. The summed E-state index contributed by atoms with van der Waals surface area (Å²) in [5, 5.41) is 12.8. The van der Waals surface area contributed by atoms with Crippen LogP contribution in [-0.2, 0) is 20.5 Å². The molecule has 6 aromatic rings. The molecule has 0 N–H and O–H groups in total. The van der Waals surface area contributed by atoms with Gasteiger partial charge in [0.2, 0.25) is 0 Å². The molecule has 2 bridgehead atoms. The molecule has 2 aliphatic heterocycles. The Kier molecular flexibility index (Phi) is 11.3. The third-order valence-corrected chi connectivity index (χ3v) is 33.7. The number of halogens is 2. The van der Waals surface area contributed by atoms with Crippen LogP contribution in [0.25, 0.3) is 21.5 Å². The Bertz CT molecular complexity index is 1780. The Morgan fingerprint density at radius 2 is 0.860 bits per heavy atom. The molecule has 0 saturated heterocycles. The van der Waals surface area contributed by atoms with Gasteiger partial charge in [-0.2, -0.15) is 12.1 Å². The SMILES string of the molecule is Cc1cc2c(C(C)C)cccc2[cH-]1.Cc1cc2c(C(C)C)cccc2[cH-]1.[Cl-].[Cl-].c1ccc2c(c1)[Si]1=[Zr]=[Si]2c2ccccc21. The molecule has 0 radical (unpaired) electrons. The van der Waals surface area contributed by atoms with Gasteiger partial charge in [0.15, 0.2) is 0 Å². The second-order valence-electron chi connectivity index (χ2n) is 12.0. The molecule has 0 aromatic heterocycles. The van der Waals surface area contributed by atoms with Crippen molar-refractivity contribution in [2.24, 2.45) is 0 Å². The van der Waals surface area contributed by atoms with E-state index < -0.39 is 0 Å². The molecule has 0 amide bonds. The molecule has 0 saturated carbocycles. The minimum atomic E-state index is -0.176. The molecular weight excluding hydrogens is 675 g/mol. The number of fused-ring (bicyclic) bond motifs is 8. The fourth-order valence-corrected chi connectivity index (χ4v) is 41.6. The normalized spacial score (nSPS) is 11.9. The predicted octanol–water partition coefficient (Wildman–Crippen LogP) is 1.30. The third kappa shape index (κ3) is 6.82. The van der Waals surface area contributed by atoms with Crippen molar-refractivity contribution in [1.82, 2.24) is 0 Å². The first kappa shape index (κ1) is 33.9. The zero-order valence-electron chi connectivity index (χ0n) is 25.8. The maximum absolute atomic E-state index is 2.41. The number of hydrogen-bond donors (Lipinski definition) is 0. The molecule has 5 heteroatoms. The van der Waals surface area contributed by atoms with Crippen molar-refractivity contribution < 1.29 is 45.3 Å². The summed E-state index contributed by atoms with van der Waals surface area (Å²) in [6.45, 7) is 13.3. The number of aryl methyl sites for hydroxylation is 2. The summed E-state index contributed by atoms with van der Waals surface area (Å²) in [7, 11) is 0. The van der Waals surface area contributed by atoms with E-state index in [1.807, 2.05) is 0 Å². The summed E-state index contributed by atoms with van der Waals surface area (Å²) >= 11 is -0.0931. The Balaban J connectivity index is 0.000000145. The average Bonchev–Trinajstić information content (AvgIpc) is 3.73. The van der Waals surface area contributed by atoms with E-state index in [1.54, 1.807) is 20.7 Å². The van der Waals surface area contributed by atoms with E-state index >= 15 is 0 Å². The molecule has 0 atom stereocenters. The van der Waals surface area contributed by atoms with Gasteiger partial charge < -0.3 is 24.8 Å². The summed E-state index contributed by atoms with van der Waals surface area (Å²) in [6.07, 6.45) is 0. The van der Waals surface area contributed by atoms with Gasteiger partial charge in [-0.15, -0.1) is 69.1 Å². The van der Waals surface area contributed by atoms with Gasteiger partial charge in [0.1, 0.15) is 0 Å². The molecule has 0 nitrogen and oxygen atoms in total. The topological polar surface area (TPSA) is 0 Å². The van der Waals surface area contributed by atoms with Crippen LogP contribution in [-0.4, -0.2) is 10.9 Å². The van der Waals surface area contributed by atoms with Gasteiger partial charge in [-0.3, -0.25) is 0 Å². The summed E-state index contributed by atoms with van der Waals surface area (Å²) in [6, 6.07) is 40.8. The van der Waals surface area contributed by atoms with E-state index in [1.165, 1.54) is 43.8 Å². The first-order valence-electron chi connectivity index (χ1n) is 14.8.